The van der Waals surface area contributed by atoms with Gasteiger partial charge in [-0.25, -0.2) is 0 Å². The molecule has 0 heterocycles. The minimum absolute atomic E-state index is 0. The number of benzene rings is 1. The van der Waals surface area contributed by atoms with Crippen molar-refractivity contribution in [2.75, 3.05) is 11.9 Å². The first-order valence-corrected chi connectivity index (χ1v) is 15.1. The summed E-state index contributed by atoms with van der Waals surface area (Å²) in [7, 11) is -0.809. The Morgan fingerprint density at radius 3 is 1.59 bits per heavy atom. The molecule has 0 bridgehead atoms. The number of hydrogen-bond acceptors (Lipinski definition) is 3. The summed E-state index contributed by atoms with van der Waals surface area (Å²) < 4.78 is 0. The first-order chi connectivity index (χ1) is 13.4. The van der Waals surface area contributed by atoms with E-state index < -0.39 is 14.0 Å². The molecule has 0 atom stereocenters. The van der Waals surface area contributed by atoms with E-state index in [9.17, 15) is 9.90 Å². The standard InChI is InChI=1S/C24H43NO2Si.Na/c1-28(2,3)21-15-13-11-9-7-5-4-6-8-10-12-14-20-25-23-18-16-22(17-19-23)24(26)27;/h16-19,25H,4-15,20-21H2,1-3H3,(H,26,27);/q;+1/p-1. The van der Waals surface area contributed by atoms with E-state index in [1.165, 1.54) is 83.1 Å². The van der Waals surface area contributed by atoms with Crippen molar-refractivity contribution >= 4 is 19.7 Å². The van der Waals surface area contributed by atoms with Crippen molar-refractivity contribution in [2.45, 2.75) is 103 Å². The molecule has 0 aliphatic rings. The Kier molecular flexibility index (Phi) is 17.2. The van der Waals surface area contributed by atoms with Crippen LogP contribution in [0.1, 0.15) is 87.4 Å². The molecule has 160 valence electrons. The third-order valence-electron chi connectivity index (χ3n) is 5.30. The van der Waals surface area contributed by atoms with E-state index in [-0.39, 0.29) is 35.1 Å². The third-order valence-corrected chi connectivity index (χ3v) is 7.16. The van der Waals surface area contributed by atoms with Crippen molar-refractivity contribution in [1.29, 1.82) is 0 Å². The van der Waals surface area contributed by atoms with Crippen LogP contribution in [0.2, 0.25) is 25.7 Å². The van der Waals surface area contributed by atoms with Crippen LogP contribution >= 0.6 is 0 Å². The van der Waals surface area contributed by atoms with Gasteiger partial charge < -0.3 is 15.2 Å². The molecule has 5 heteroatoms. The molecule has 0 aliphatic carbocycles. The molecular formula is C24H42NNaO2Si. The van der Waals surface area contributed by atoms with Gasteiger partial charge in [-0.05, 0) is 24.1 Å². The van der Waals surface area contributed by atoms with Gasteiger partial charge in [-0.2, -0.15) is 0 Å². The second kappa shape index (κ2) is 17.4. The minimum atomic E-state index is -1.12. The Morgan fingerprint density at radius 2 is 1.17 bits per heavy atom. The minimum Gasteiger partial charge on any atom is -0.545 e. The molecule has 0 unspecified atom stereocenters. The maximum Gasteiger partial charge on any atom is 1.00 e. The molecule has 1 rings (SSSR count). The number of carbonyl (C=O) groups excluding carboxylic acids is 1. The Morgan fingerprint density at radius 1 is 0.759 bits per heavy atom. The largest absolute Gasteiger partial charge is 1.00 e. The summed E-state index contributed by atoms with van der Waals surface area (Å²) in [6.07, 6.45) is 16.5. The number of anilines is 1. The van der Waals surface area contributed by atoms with Crippen LogP contribution in [-0.2, 0) is 0 Å². The van der Waals surface area contributed by atoms with Crippen molar-refractivity contribution in [3.8, 4) is 0 Å². The van der Waals surface area contributed by atoms with Crippen molar-refractivity contribution in [1.82, 2.24) is 0 Å². The third kappa shape index (κ3) is 17.1. The second-order valence-corrected chi connectivity index (χ2v) is 15.0. The van der Waals surface area contributed by atoms with Gasteiger partial charge in [0.1, 0.15) is 0 Å². The van der Waals surface area contributed by atoms with E-state index in [0.717, 1.165) is 12.2 Å². The van der Waals surface area contributed by atoms with Gasteiger partial charge in [0.25, 0.3) is 0 Å². The van der Waals surface area contributed by atoms with Crippen LogP contribution < -0.4 is 40.0 Å². The SMILES string of the molecule is C[Si](C)(C)CCCCCCCCCCCCCCNc1ccc(C(=O)[O-])cc1.[Na+]. The normalized spacial score (nSPS) is 11.1. The summed E-state index contributed by atoms with van der Waals surface area (Å²) in [5, 5.41) is 14.1. The van der Waals surface area contributed by atoms with Crippen molar-refractivity contribution in [2.24, 2.45) is 0 Å². The first kappa shape index (κ1) is 28.7. The fraction of sp³-hybridized carbons (Fsp3) is 0.708. The molecule has 0 fully saturated rings. The van der Waals surface area contributed by atoms with Crippen molar-refractivity contribution < 1.29 is 39.5 Å². The first-order valence-electron chi connectivity index (χ1n) is 11.4. The van der Waals surface area contributed by atoms with Crippen molar-refractivity contribution in [3.05, 3.63) is 29.8 Å². The molecule has 3 nitrogen and oxygen atoms in total. The molecule has 0 radical (unpaired) electrons. The molecule has 0 spiro atoms. The van der Waals surface area contributed by atoms with Crippen LogP contribution in [0.5, 0.6) is 0 Å². The van der Waals surface area contributed by atoms with Gasteiger partial charge in [0, 0.05) is 20.3 Å². The summed E-state index contributed by atoms with van der Waals surface area (Å²) >= 11 is 0. The number of carboxylic acids is 1. The van der Waals surface area contributed by atoms with E-state index in [2.05, 4.69) is 25.0 Å². The predicted molar refractivity (Wildman–Crippen MR) is 123 cm³/mol. The maximum absolute atomic E-state index is 10.7. The van der Waals surface area contributed by atoms with Crippen LogP contribution in [0.25, 0.3) is 0 Å². The number of carboxylic acid groups (broad SMARTS) is 1. The fourth-order valence-corrected chi connectivity index (χ4v) is 4.82. The molecule has 1 aromatic carbocycles. The summed E-state index contributed by atoms with van der Waals surface area (Å²) in [5.74, 6) is -1.12. The quantitative estimate of drug-likeness (QED) is 0.306. The summed E-state index contributed by atoms with van der Waals surface area (Å²) in [6, 6.07) is 8.28. The Labute approximate surface area is 202 Å². The Hall–Kier alpha value is -0.293. The molecule has 1 N–H and O–H groups in total. The van der Waals surface area contributed by atoms with E-state index in [1.54, 1.807) is 24.3 Å². The zero-order valence-corrected chi connectivity index (χ0v) is 22.5. The molecule has 1 aromatic rings. The number of rotatable bonds is 17. The van der Waals surface area contributed by atoms with E-state index in [4.69, 9.17) is 0 Å². The second-order valence-electron chi connectivity index (χ2n) is 9.34. The molecule has 0 aromatic heterocycles. The van der Waals surface area contributed by atoms with Crippen LogP contribution in [-0.4, -0.2) is 20.6 Å². The van der Waals surface area contributed by atoms with Crippen LogP contribution in [0.3, 0.4) is 0 Å². The van der Waals surface area contributed by atoms with Crippen LogP contribution in [0.15, 0.2) is 24.3 Å². The van der Waals surface area contributed by atoms with Gasteiger partial charge >= 0.3 is 29.6 Å². The van der Waals surface area contributed by atoms with Gasteiger partial charge in [-0.3, -0.25) is 0 Å². The fourth-order valence-electron chi connectivity index (χ4n) is 3.50. The number of aromatic carboxylic acids is 1. The molecule has 0 saturated carbocycles. The zero-order valence-electron chi connectivity index (χ0n) is 19.5. The number of nitrogens with one attached hydrogen (secondary N) is 1. The average molecular weight is 428 g/mol. The van der Waals surface area contributed by atoms with Gasteiger partial charge in [-0.15, -0.1) is 0 Å². The molecule has 0 aliphatic heterocycles. The maximum atomic E-state index is 10.7. The van der Waals surface area contributed by atoms with Crippen molar-refractivity contribution in [3.63, 3.8) is 0 Å². The van der Waals surface area contributed by atoms with E-state index in [1.807, 2.05) is 0 Å². The number of unbranched alkanes of at least 4 members (excludes halogenated alkanes) is 11. The molecule has 29 heavy (non-hydrogen) atoms. The Balaban J connectivity index is 0.00000784. The number of carbonyl (C=O) groups is 1. The van der Waals surface area contributed by atoms with Gasteiger partial charge in [0.2, 0.25) is 0 Å². The van der Waals surface area contributed by atoms with Gasteiger partial charge in [0.05, 0.1) is 5.97 Å². The average Bonchev–Trinajstić information content (AvgIpc) is 2.64. The Bertz CT molecular complexity index is 529. The predicted octanol–water partition coefficient (Wildman–Crippen LogP) is 3.49. The molecule has 0 saturated heterocycles. The summed E-state index contributed by atoms with van der Waals surface area (Å²) in [6.45, 7) is 8.37. The monoisotopic (exact) mass is 427 g/mol. The van der Waals surface area contributed by atoms with E-state index >= 15 is 0 Å². The number of hydrogen-bond donors (Lipinski definition) is 1. The smallest absolute Gasteiger partial charge is 0.545 e. The van der Waals surface area contributed by atoms with Crippen LogP contribution in [0, 0.1) is 0 Å². The zero-order chi connectivity index (χ0) is 20.7. The van der Waals surface area contributed by atoms with Gasteiger partial charge in [-0.1, -0.05) is 108 Å². The van der Waals surface area contributed by atoms with E-state index in [0.29, 0.717) is 0 Å². The summed E-state index contributed by atoms with van der Waals surface area (Å²) in [4.78, 5) is 10.7. The van der Waals surface area contributed by atoms with Crippen LogP contribution in [0.4, 0.5) is 5.69 Å². The topological polar surface area (TPSA) is 52.2 Å². The van der Waals surface area contributed by atoms with Gasteiger partial charge in [0.15, 0.2) is 0 Å². The molecular weight excluding hydrogens is 385 g/mol. The summed E-state index contributed by atoms with van der Waals surface area (Å²) in [5.41, 5.74) is 1.21. The molecule has 0 amide bonds.